The number of nitro groups is 1. The van der Waals surface area contributed by atoms with Crippen LogP contribution in [0.15, 0.2) is 6.07 Å². The number of nitrogen functional groups attached to an aromatic ring is 1. The summed E-state index contributed by atoms with van der Waals surface area (Å²) in [7, 11) is 0. The molecule has 0 aromatic carbocycles. The van der Waals surface area contributed by atoms with Crippen LogP contribution in [-0.2, 0) is 0 Å². The first kappa shape index (κ1) is 12.5. The molecule has 0 bridgehead atoms. The first-order valence-electron chi connectivity index (χ1n) is 3.85. The molecule has 7 nitrogen and oxygen atoms in total. The normalized spacial score (nSPS) is 10.7. The van der Waals surface area contributed by atoms with Gasteiger partial charge in [0.25, 0.3) is 0 Å². The number of hydrogen-bond acceptors (Lipinski definition) is 6. The second kappa shape index (κ2) is 4.12. The molecule has 0 amide bonds. The summed E-state index contributed by atoms with van der Waals surface area (Å²) in [6, 6.07) is 1.82. The Morgan fingerprint density at radius 3 is 2.59 bits per heavy atom. The van der Waals surface area contributed by atoms with Gasteiger partial charge in [-0.05, 0) is 0 Å². The van der Waals surface area contributed by atoms with Crippen molar-refractivity contribution < 1.29 is 22.8 Å². The summed E-state index contributed by atoms with van der Waals surface area (Å²) in [6.45, 7) is 0. The number of nitrogens with two attached hydrogens (primary N) is 1. The molecule has 10 heteroatoms. The molecule has 0 saturated carbocycles. The number of anilines is 1. The van der Waals surface area contributed by atoms with Crippen LogP contribution in [0.4, 0.5) is 24.7 Å². The van der Waals surface area contributed by atoms with Gasteiger partial charge in [-0.25, -0.2) is 0 Å². The minimum absolute atomic E-state index is 0.488. The molecule has 1 heterocycles. The number of hydrogen-bond donors (Lipinski definition) is 1. The molecule has 17 heavy (non-hydrogen) atoms. The highest BCUT2D eigenvalue weighted by Crippen LogP contribution is 2.30. The van der Waals surface area contributed by atoms with Crippen LogP contribution in [0.3, 0.4) is 0 Å². The predicted octanol–water partition coefficient (Wildman–Crippen LogP) is 1.34. The zero-order chi connectivity index (χ0) is 13.2. The lowest BCUT2D eigenvalue weighted by Crippen LogP contribution is -2.18. The quantitative estimate of drug-likeness (QED) is 0.623. The maximum atomic E-state index is 11.8. The Labute approximate surface area is 91.4 Å². The van der Waals surface area contributed by atoms with E-state index in [2.05, 4.69) is 9.72 Å². The van der Waals surface area contributed by atoms with E-state index in [0.29, 0.717) is 6.07 Å². The van der Waals surface area contributed by atoms with E-state index in [1.807, 2.05) is 0 Å². The second-order valence-electron chi connectivity index (χ2n) is 2.66. The van der Waals surface area contributed by atoms with E-state index in [1.54, 1.807) is 0 Å². The molecule has 1 rings (SSSR count). The van der Waals surface area contributed by atoms with Crippen LogP contribution >= 0.6 is 0 Å². The van der Waals surface area contributed by atoms with Crippen molar-refractivity contribution in [3.63, 3.8) is 0 Å². The van der Waals surface area contributed by atoms with E-state index in [1.165, 1.54) is 6.07 Å². The van der Waals surface area contributed by atoms with Gasteiger partial charge in [-0.3, -0.25) is 10.1 Å². The summed E-state index contributed by atoms with van der Waals surface area (Å²) in [5, 5.41) is 19.0. The Morgan fingerprint density at radius 1 is 1.59 bits per heavy atom. The largest absolute Gasteiger partial charge is 0.574 e. The average Bonchev–Trinajstić information content (AvgIpc) is 2.12. The van der Waals surface area contributed by atoms with Crippen LogP contribution in [0.2, 0.25) is 0 Å². The predicted molar refractivity (Wildman–Crippen MR) is 46.7 cm³/mol. The van der Waals surface area contributed by atoms with E-state index in [0.717, 1.165) is 0 Å². The molecule has 90 valence electrons. The summed E-state index contributed by atoms with van der Waals surface area (Å²) >= 11 is 0. The summed E-state index contributed by atoms with van der Waals surface area (Å²) in [5.41, 5.74) is 3.54. The lowest BCUT2D eigenvalue weighted by molar-refractivity contribution is -0.384. The molecule has 0 unspecified atom stereocenters. The van der Waals surface area contributed by atoms with Crippen molar-refractivity contribution in [3.8, 4) is 11.9 Å². The van der Waals surface area contributed by atoms with Gasteiger partial charge in [-0.15, -0.1) is 13.2 Å². The molecule has 0 saturated heterocycles. The van der Waals surface area contributed by atoms with Gasteiger partial charge in [0.15, 0.2) is 0 Å². The number of halogens is 3. The van der Waals surface area contributed by atoms with Crippen LogP contribution < -0.4 is 10.5 Å². The zero-order valence-electron chi connectivity index (χ0n) is 7.85. The molecule has 0 aliphatic rings. The Hall–Kier alpha value is -2.57. The lowest BCUT2D eigenvalue weighted by Gasteiger charge is -2.08. The number of nitrogens with zero attached hydrogens (tertiary/aromatic N) is 3. The fourth-order valence-electron chi connectivity index (χ4n) is 0.982. The van der Waals surface area contributed by atoms with Crippen LogP contribution in [0, 0.1) is 21.4 Å². The molecule has 0 aliphatic carbocycles. The molecule has 1 aromatic heterocycles. The van der Waals surface area contributed by atoms with E-state index in [-0.39, 0.29) is 0 Å². The lowest BCUT2D eigenvalue weighted by atomic mass is 10.2. The minimum atomic E-state index is -5.03. The molecular weight excluding hydrogens is 245 g/mol. The third-order valence-electron chi connectivity index (χ3n) is 1.52. The van der Waals surface area contributed by atoms with E-state index in [4.69, 9.17) is 11.0 Å². The molecular formula is C7H3F3N4O3. The maximum absolute atomic E-state index is 11.8. The van der Waals surface area contributed by atoms with E-state index in [9.17, 15) is 23.3 Å². The van der Waals surface area contributed by atoms with Gasteiger partial charge >= 0.3 is 12.0 Å². The van der Waals surface area contributed by atoms with Crippen molar-refractivity contribution >= 4 is 11.5 Å². The Bertz CT molecular complexity index is 508. The van der Waals surface area contributed by atoms with Crippen LogP contribution in [-0.4, -0.2) is 16.3 Å². The van der Waals surface area contributed by atoms with Crippen LogP contribution in [0.1, 0.15) is 5.56 Å². The fourth-order valence-corrected chi connectivity index (χ4v) is 0.982. The summed E-state index contributed by atoms with van der Waals surface area (Å²) in [5.74, 6) is -1.86. The number of pyridine rings is 1. The fraction of sp³-hybridized carbons (Fsp3) is 0.143. The third-order valence-corrected chi connectivity index (χ3v) is 1.52. The van der Waals surface area contributed by atoms with Crippen LogP contribution in [0.5, 0.6) is 5.88 Å². The SMILES string of the molecule is N#Cc1cc(OC(F)(F)F)nc(N)c1[N+](=O)[O-]. The first-order chi connectivity index (χ1) is 7.74. The number of alkyl halides is 3. The highest BCUT2D eigenvalue weighted by atomic mass is 19.4. The summed E-state index contributed by atoms with van der Waals surface area (Å²) in [4.78, 5) is 12.5. The molecule has 0 atom stereocenters. The highest BCUT2D eigenvalue weighted by molar-refractivity contribution is 5.63. The standard InChI is InChI=1S/C7H3F3N4O3/c8-7(9,10)17-4-1-3(2-11)5(14(15)16)6(12)13-4/h1H,(H2,12,13). The first-order valence-corrected chi connectivity index (χ1v) is 3.85. The van der Waals surface area contributed by atoms with Gasteiger partial charge in [0.1, 0.15) is 11.6 Å². The van der Waals surface area contributed by atoms with Crippen molar-refractivity contribution in [3.05, 3.63) is 21.7 Å². The van der Waals surface area contributed by atoms with Gasteiger partial charge in [-0.2, -0.15) is 10.2 Å². The van der Waals surface area contributed by atoms with Crippen molar-refractivity contribution in [1.82, 2.24) is 4.98 Å². The Balaban J connectivity index is 3.29. The van der Waals surface area contributed by atoms with Gasteiger partial charge in [0.2, 0.25) is 11.7 Å². The van der Waals surface area contributed by atoms with Gasteiger partial charge < -0.3 is 10.5 Å². The van der Waals surface area contributed by atoms with Gasteiger partial charge in [0, 0.05) is 6.07 Å². The zero-order valence-corrected chi connectivity index (χ0v) is 7.85. The number of ether oxygens (including phenoxy) is 1. The summed E-state index contributed by atoms with van der Waals surface area (Å²) < 4.78 is 38.9. The van der Waals surface area contributed by atoms with E-state index < -0.39 is 34.2 Å². The van der Waals surface area contributed by atoms with E-state index >= 15 is 0 Å². The average molecular weight is 248 g/mol. The molecule has 0 radical (unpaired) electrons. The molecule has 2 N–H and O–H groups in total. The minimum Gasteiger partial charge on any atom is -0.388 e. The smallest absolute Gasteiger partial charge is 0.388 e. The number of rotatable bonds is 2. The molecule has 0 fully saturated rings. The monoisotopic (exact) mass is 248 g/mol. The topological polar surface area (TPSA) is 115 Å². The van der Waals surface area contributed by atoms with Crippen LogP contribution in [0.25, 0.3) is 0 Å². The van der Waals surface area contributed by atoms with Crippen molar-refractivity contribution in [1.29, 1.82) is 5.26 Å². The molecule has 1 aromatic rings. The van der Waals surface area contributed by atoms with Crippen molar-refractivity contribution in [2.24, 2.45) is 0 Å². The number of aromatic nitrogens is 1. The van der Waals surface area contributed by atoms with Gasteiger partial charge in [-0.1, -0.05) is 0 Å². The van der Waals surface area contributed by atoms with Gasteiger partial charge in [0.05, 0.1) is 4.92 Å². The number of nitriles is 1. The highest BCUT2D eigenvalue weighted by Gasteiger charge is 2.33. The summed E-state index contributed by atoms with van der Waals surface area (Å²) in [6.07, 6.45) is -5.03. The Morgan fingerprint density at radius 2 is 2.18 bits per heavy atom. The second-order valence-corrected chi connectivity index (χ2v) is 2.66. The van der Waals surface area contributed by atoms with Crippen molar-refractivity contribution in [2.45, 2.75) is 6.36 Å². The molecule has 0 aliphatic heterocycles. The van der Waals surface area contributed by atoms with Crippen molar-refractivity contribution in [2.75, 3.05) is 5.73 Å². The Kier molecular flexibility index (Phi) is 3.03. The third kappa shape index (κ3) is 2.94. The molecule has 0 spiro atoms. The maximum Gasteiger partial charge on any atom is 0.574 e.